The second kappa shape index (κ2) is 8.66. The summed E-state index contributed by atoms with van der Waals surface area (Å²) >= 11 is 0. The van der Waals surface area contributed by atoms with Crippen molar-refractivity contribution in [2.75, 3.05) is 0 Å². The SMILES string of the molecule is CCCC1CCC(c2ccc(C3CCc4cc(C#N)c(F)cc4C3)c(F)c2)CC1. The van der Waals surface area contributed by atoms with Crippen molar-refractivity contribution in [2.24, 2.45) is 5.92 Å². The fourth-order valence-electron chi connectivity index (χ4n) is 5.45. The molecule has 2 aromatic carbocycles. The molecule has 1 unspecified atom stereocenters. The molecule has 2 aliphatic rings. The van der Waals surface area contributed by atoms with Gasteiger partial charge in [-0.25, -0.2) is 8.78 Å². The lowest BCUT2D eigenvalue weighted by Crippen LogP contribution is -2.16. The Morgan fingerprint density at radius 3 is 2.41 bits per heavy atom. The molecule has 29 heavy (non-hydrogen) atoms. The van der Waals surface area contributed by atoms with E-state index in [1.54, 1.807) is 12.1 Å². The molecule has 0 N–H and O–H groups in total. The number of hydrogen-bond acceptors (Lipinski definition) is 1. The van der Waals surface area contributed by atoms with Gasteiger partial charge < -0.3 is 0 Å². The first-order chi connectivity index (χ1) is 14.1. The van der Waals surface area contributed by atoms with Gasteiger partial charge in [-0.1, -0.05) is 31.9 Å². The van der Waals surface area contributed by atoms with Crippen molar-refractivity contribution < 1.29 is 8.78 Å². The summed E-state index contributed by atoms with van der Waals surface area (Å²) in [5.74, 6) is 0.827. The number of nitriles is 1. The largest absolute Gasteiger partial charge is 0.207 e. The Balaban J connectivity index is 1.48. The van der Waals surface area contributed by atoms with Gasteiger partial charge in [0, 0.05) is 0 Å². The molecule has 1 saturated carbocycles. The van der Waals surface area contributed by atoms with Crippen LogP contribution < -0.4 is 0 Å². The normalized spacial score (nSPS) is 24.0. The average molecular weight is 394 g/mol. The molecule has 152 valence electrons. The van der Waals surface area contributed by atoms with Crippen molar-refractivity contribution >= 4 is 0 Å². The molecule has 0 aromatic heterocycles. The predicted molar refractivity (Wildman–Crippen MR) is 112 cm³/mol. The maximum Gasteiger partial charge on any atom is 0.141 e. The molecule has 2 aromatic rings. The van der Waals surface area contributed by atoms with E-state index in [-0.39, 0.29) is 17.3 Å². The van der Waals surface area contributed by atoms with E-state index in [9.17, 15) is 4.39 Å². The van der Waals surface area contributed by atoms with Crippen LogP contribution in [-0.2, 0) is 12.8 Å². The lowest BCUT2D eigenvalue weighted by Gasteiger charge is -2.29. The number of hydrogen-bond donors (Lipinski definition) is 0. The van der Waals surface area contributed by atoms with Crippen LogP contribution in [0.5, 0.6) is 0 Å². The van der Waals surface area contributed by atoms with E-state index in [1.807, 2.05) is 12.1 Å². The summed E-state index contributed by atoms with van der Waals surface area (Å²) in [5, 5.41) is 9.02. The molecule has 0 heterocycles. The monoisotopic (exact) mass is 393 g/mol. The van der Waals surface area contributed by atoms with Crippen LogP contribution >= 0.6 is 0 Å². The lowest BCUT2D eigenvalue weighted by atomic mass is 9.76. The maximum absolute atomic E-state index is 15.0. The first kappa shape index (κ1) is 20.1. The summed E-state index contributed by atoms with van der Waals surface area (Å²) in [6, 6.07) is 10.9. The van der Waals surface area contributed by atoms with Gasteiger partial charge in [0.25, 0.3) is 0 Å². The summed E-state index contributed by atoms with van der Waals surface area (Å²) in [6.07, 6.45) is 9.66. The van der Waals surface area contributed by atoms with Crippen molar-refractivity contribution in [3.8, 4) is 6.07 Å². The Morgan fingerprint density at radius 2 is 1.72 bits per heavy atom. The van der Waals surface area contributed by atoms with Gasteiger partial charge in [0.05, 0.1) is 5.56 Å². The Hall–Kier alpha value is -2.21. The zero-order valence-electron chi connectivity index (χ0n) is 17.2. The van der Waals surface area contributed by atoms with Crippen molar-refractivity contribution in [3.05, 3.63) is 69.8 Å². The molecular weight excluding hydrogens is 364 g/mol. The van der Waals surface area contributed by atoms with E-state index < -0.39 is 5.82 Å². The molecule has 1 atom stereocenters. The quantitative estimate of drug-likeness (QED) is 0.539. The van der Waals surface area contributed by atoms with Crippen LogP contribution in [0, 0.1) is 28.9 Å². The second-order valence-corrected chi connectivity index (χ2v) is 8.94. The Kier molecular flexibility index (Phi) is 5.99. The fraction of sp³-hybridized carbons (Fsp3) is 0.500. The van der Waals surface area contributed by atoms with Gasteiger partial charge >= 0.3 is 0 Å². The van der Waals surface area contributed by atoms with E-state index in [2.05, 4.69) is 13.0 Å². The third-order valence-electron chi connectivity index (χ3n) is 7.12. The number of nitrogens with zero attached hydrogens (tertiary/aromatic N) is 1. The molecule has 0 bridgehead atoms. The van der Waals surface area contributed by atoms with Gasteiger partial charge in [-0.3, -0.25) is 0 Å². The summed E-state index contributed by atoms with van der Waals surface area (Å²) in [6.45, 7) is 2.25. The third kappa shape index (κ3) is 4.22. The van der Waals surface area contributed by atoms with Crippen molar-refractivity contribution in [3.63, 3.8) is 0 Å². The highest BCUT2D eigenvalue weighted by Crippen LogP contribution is 2.40. The predicted octanol–water partition coefficient (Wildman–Crippen LogP) is 7.18. The molecule has 1 fully saturated rings. The zero-order chi connectivity index (χ0) is 20.4. The molecule has 0 saturated heterocycles. The summed E-state index contributed by atoms with van der Waals surface area (Å²) in [5.41, 5.74) is 3.94. The number of aryl methyl sites for hydroxylation is 1. The molecule has 1 nitrogen and oxygen atoms in total. The fourth-order valence-corrected chi connectivity index (χ4v) is 5.45. The number of fused-ring (bicyclic) bond motifs is 1. The molecule has 4 rings (SSSR count). The van der Waals surface area contributed by atoms with Crippen LogP contribution in [0.3, 0.4) is 0 Å². The molecule has 0 amide bonds. The highest BCUT2D eigenvalue weighted by atomic mass is 19.1. The van der Waals surface area contributed by atoms with Crippen LogP contribution in [0.2, 0.25) is 0 Å². The van der Waals surface area contributed by atoms with Crippen molar-refractivity contribution in [1.29, 1.82) is 5.26 Å². The Bertz CT molecular complexity index is 919. The number of halogens is 2. The molecule has 0 aliphatic heterocycles. The van der Waals surface area contributed by atoms with Gasteiger partial charge in [-0.05, 0) is 103 Å². The van der Waals surface area contributed by atoms with E-state index in [0.29, 0.717) is 12.3 Å². The highest BCUT2D eigenvalue weighted by molar-refractivity contribution is 5.42. The third-order valence-corrected chi connectivity index (χ3v) is 7.12. The maximum atomic E-state index is 15.0. The Labute approximate surface area is 172 Å². The zero-order valence-corrected chi connectivity index (χ0v) is 17.2. The minimum Gasteiger partial charge on any atom is -0.207 e. The molecule has 2 aliphatic carbocycles. The molecule has 0 spiro atoms. The van der Waals surface area contributed by atoms with Crippen LogP contribution in [-0.4, -0.2) is 0 Å². The van der Waals surface area contributed by atoms with Crippen LogP contribution in [0.25, 0.3) is 0 Å². The minimum absolute atomic E-state index is 0.0733. The molecular formula is C26H29F2N. The first-order valence-electron chi connectivity index (χ1n) is 11.1. The number of rotatable bonds is 4. The number of benzene rings is 2. The first-order valence-corrected chi connectivity index (χ1v) is 11.1. The van der Waals surface area contributed by atoms with Gasteiger partial charge in [0.2, 0.25) is 0 Å². The van der Waals surface area contributed by atoms with Gasteiger partial charge in [-0.2, -0.15) is 5.26 Å². The second-order valence-electron chi connectivity index (χ2n) is 8.94. The summed E-state index contributed by atoms with van der Waals surface area (Å²) in [4.78, 5) is 0. The van der Waals surface area contributed by atoms with E-state index in [4.69, 9.17) is 5.26 Å². The van der Waals surface area contributed by atoms with E-state index in [1.165, 1.54) is 44.6 Å². The van der Waals surface area contributed by atoms with E-state index in [0.717, 1.165) is 41.0 Å². The van der Waals surface area contributed by atoms with Gasteiger partial charge in [0.1, 0.15) is 17.7 Å². The van der Waals surface area contributed by atoms with Gasteiger partial charge in [0.15, 0.2) is 0 Å². The highest BCUT2D eigenvalue weighted by Gasteiger charge is 2.26. The Morgan fingerprint density at radius 1 is 0.931 bits per heavy atom. The van der Waals surface area contributed by atoms with Crippen molar-refractivity contribution in [2.45, 2.75) is 76.5 Å². The van der Waals surface area contributed by atoms with Gasteiger partial charge in [-0.15, -0.1) is 0 Å². The average Bonchev–Trinajstić information content (AvgIpc) is 2.73. The summed E-state index contributed by atoms with van der Waals surface area (Å²) in [7, 11) is 0. The van der Waals surface area contributed by atoms with Crippen molar-refractivity contribution in [1.82, 2.24) is 0 Å². The van der Waals surface area contributed by atoms with Crippen LogP contribution in [0.15, 0.2) is 30.3 Å². The molecule has 3 heteroatoms. The topological polar surface area (TPSA) is 23.8 Å². The molecule has 0 radical (unpaired) electrons. The van der Waals surface area contributed by atoms with E-state index >= 15 is 4.39 Å². The smallest absolute Gasteiger partial charge is 0.141 e. The minimum atomic E-state index is -0.471. The van der Waals surface area contributed by atoms with Crippen LogP contribution in [0.1, 0.15) is 91.5 Å². The van der Waals surface area contributed by atoms with Crippen LogP contribution in [0.4, 0.5) is 8.78 Å². The standard InChI is InChI=1S/C26H29F2N/c1-2-3-17-4-6-18(7-5-17)20-10-11-24(26(28)14-20)21-9-8-19-12-23(16-29)25(27)15-22(19)13-21/h10-12,14-15,17-18,21H,2-9,13H2,1H3. The lowest BCUT2D eigenvalue weighted by molar-refractivity contribution is 0.308. The summed E-state index contributed by atoms with van der Waals surface area (Å²) < 4.78 is 29.1.